The summed E-state index contributed by atoms with van der Waals surface area (Å²) in [4.78, 5) is 84.8. The minimum Gasteiger partial charge on any atom is -0.445 e. The average Bonchev–Trinajstić information content (AvgIpc) is 3.23. The van der Waals surface area contributed by atoms with Crippen LogP contribution in [0.1, 0.15) is 79.6 Å². The SMILES string of the molecule is CC(C)[C@H](NC(=O)CCCCCNC(=O)c1ccc2ncc(CBr)nc2c1)C(=O)N[C@@H](CCCNC(N)=O)C(=O)Nc1ccc(COC(=O)NCc2ccccc2)cc1. The third-order valence-electron chi connectivity index (χ3n) is 9.10. The molecule has 0 radical (unpaired) electrons. The highest BCUT2D eigenvalue weighted by Gasteiger charge is 2.29. The van der Waals surface area contributed by atoms with Crippen LogP contribution >= 0.6 is 15.9 Å². The van der Waals surface area contributed by atoms with E-state index in [9.17, 15) is 28.8 Å². The molecule has 0 saturated heterocycles. The fourth-order valence-corrected chi connectivity index (χ4v) is 6.13. The standard InChI is InChI=1S/C42H52BrN9O7/c1-27(2)37(52-36(53)13-7-4-8-20-45-38(54)30-16-19-33-35(22-30)49-32(23-43)25-47-33)40(56)51-34(12-9-21-46-41(44)57)39(55)50-31-17-14-29(15-18-31)26-59-42(58)48-24-28-10-5-3-6-11-28/h3,5-6,10-11,14-19,22,25,27,34,37H,4,7-9,12-13,20-21,23-24,26H2,1-2H3,(H,45,54)(H,48,58)(H,50,55)(H,51,56)(H,52,53)(H3,44,46,57)/t34-,37-/m0/s1. The molecule has 8 N–H and O–H groups in total. The van der Waals surface area contributed by atoms with Gasteiger partial charge in [-0.2, -0.15) is 0 Å². The molecule has 1 heterocycles. The lowest BCUT2D eigenvalue weighted by Crippen LogP contribution is -2.54. The van der Waals surface area contributed by atoms with E-state index in [1.165, 1.54) is 0 Å². The summed E-state index contributed by atoms with van der Waals surface area (Å²) in [6.45, 7) is 4.55. The number of alkyl halides is 1. The van der Waals surface area contributed by atoms with E-state index >= 15 is 0 Å². The lowest BCUT2D eigenvalue weighted by Gasteiger charge is -2.25. The molecule has 3 aromatic carbocycles. The number of carbonyl (C=O) groups is 6. The second-order valence-electron chi connectivity index (χ2n) is 14.2. The first-order valence-corrected chi connectivity index (χ1v) is 20.6. The Kier molecular flexibility index (Phi) is 18.5. The molecular formula is C42H52BrN9O7. The smallest absolute Gasteiger partial charge is 0.407 e. The molecule has 0 aliphatic carbocycles. The minimum atomic E-state index is -1.00. The lowest BCUT2D eigenvalue weighted by atomic mass is 10.0. The van der Waals surface area contributed by atoms with Crippen molar-refractivity contribution in [2.45, 2.75) is 82.9 Å². The molecule has 7 amide bonds. The van der Waals surface area contributed by atoms with E-state index in [1.54, 1.807) is 62.5 Å². The largest absolute Gasteiger partial charge is 0.445 e. The topological polar surface area (TPSA) is 236 Å². The number of rotatable bonds is 22. The van der Waals surface area contributed by atoms with Gasteiger partial charge in [0.2, 0.25) is 17.7 Å². The van der Waals surface area contributed by atoms with Crippen LogP contribution in [0.3, 0.4) is 0 Å². The van der Waals surface area contributed by atoms with Gasteiger partial charge in [0.15, 0.2) is 0 Å². The highest BCUT2D eigenvalue weighted by molar-refractivity contribution is 9.08. The molecule has 0 aliphatic rings. The molecule has 1 aromatic heterocycles. The number of halogens is 1. The van der Waals surface area contributed by atoms with Gasteiger partial charge in [0.05, 0.1) is 16.7 Å². The maximum Gasteiger partial charge on any atom is 0.407 e. The Labute approximate surface area is 351 Å². The van der Waals surface area contributed by atoms with E-state index < -0.39 is 36.0 Å². The first-order chi connectivity index (χ1) is 28.4. The number of benzene rings is 3. The third-order valence-corrected chi connectivity index (χ3v) is 9.67. The van der Waals surface area contributed by atoms with Crippen LogP contribution in [0.15, 0.2) is 79.0 Å². The number of amides is 7. The van der Waals surface area contributed by atoms with Gasteiger partial charge in [-0.25, -0.2) is 14.6 Å². The zero-order valence-corrected chi connectivity index (χ0v) is 34.8. The number of primary amides is 1. The number of anilines is 1. The van der Waals surface area contributed by atoms with Crippen molar-refractivity contribution in [2.75, 3.05) is 18.4 Å². The normalized spacial score (nSPS) is 11.9. The van der Waals surface area contributed by atoms with Crippen LogP contribution in [-0.2, 0) is 37.6 Å². The molecule has 0 aliphatic heterocycles. The van der Waals surface area contributed by atoms with E-state index in [-0.39, 0.29) is 43.7 Å². The molecule has 314 valence electrons. The van der Waals surface area contributed by atoms with Gasteiger partial charge < -0.3 is 42.4 Å². The van der Waals surface area contributed by atoms with E-state index in [2.05, 4.69) is 57.8 Å². The first-order valence-electron chi connectivity index (χ1n) is 19.5. The number of nitrogens with one attached hydrogen (secondary N) is 6. The van der Waals surface area contributed by atoms with Gasteiger partial charge in [-0.05, 0) is 73.1 Å². The maximum atomic E-state index is 13.5. The summed E-state index contributed by atoms with van der Waals surface area (Å²) in [5.41, 5.74) is 9.85. The molecule has 4 rings (SSSR count). The second-order valence-corrected chi connectivity index (χ2v) is 14.7. The number of unbranched alkanes of at least 4 members (excludes halogenated alkanes) is 2. The van der Waals surface area contributed by atoms with Crippen LogP contribution in [0, 0.1) is 5.92 Å². The number of nitrogens with zero attached hydrogens (tertiary/aromatic N) is 2. The summed E-state index contributed by atoms with van der Waals surface area (Å²) in [5, 5.41) is 17.0. The van der Waals surface area contributed by atoms with Crippen molar-refractivity contribution in [1.82, 2.24) is 36.6 Å². The molecular weight excluding hydrogens is 822 g/mol. The van der Waals surface area contributed by atoms with Gasteiger partial charge >= 0.3 is 12.1 Å². The maximum absolute atomic E-state index is 13.5. The van der Waals surface area contributed by atoms with Gasteiger partial charge in [0.1, 0.15) is 18.7 Å². The predicted molar refractivity (Wildman–Crippen MR) is 227 cm³/mol. The van der Waals surface area contributed by atoms with Crippen LogP contribution in [0.25, 0.3) is 11.0 Å². The number of alkyl carbamates (subject to hydrolysis) is 1. The fraction of sp³-hybridized carbons (Fsp3) is 0.381. The Balaban J connectivity index is 1.22. The van der Waals surface area contributed by atoms with Crippen LogP contribution in [-0.4, -0.2) is 70.9 Å². The first kappa shape index (κ1) is 45.6. The van der Waals surface area contributed by atoms with Crippen molar-refractivity contribution >= 4 is 68.4 Å². The van der Waals surface area contributed by atoms with Crippen LogP contribution in [0.5, 0.6) is 0 Å². The zero-order valence-electron chi connectivity index (χ0n) is 33.2. The molecule has 2 atom stereocenters. The van der Waals surface area contributed by atoms with E-state index in [4.69, 9.17) is 10.5 Å². The third kappa shape index (κ3) is 16.0. The van der Waals surface area contributed by atoms with Crippen molar-refractivity contribution < 1.29 is 33.5 Å². The van der Waals surface area contributed by atoms with Crippen LogP contribution < -0.4 is 37.6 Å². The summed E-state index contributed by atoms with van der Waals surface area (Å²) >= 11 is 3.37. The number of fused-ring (bicyclic) bond motifs is 1. The van der Waals surface area contributed by atoms with E-state index in [0.29, 0.717) is 72.0 Å². The summed E-state index contributed by atoms with van der Waals surface area (Å²) in [6.07, 6.45) is 3.65. The van der Waals surface area contributed by atoms with Crippen LogP contribution in [0.4, 0.5) is 15.3 Å². The molecule has 0 bridgehead atoms. The summed E-state index contributed by atoms with van der Waals surface area (Å²) in [6, 6.07) is 18.7. The second kappa shape index (κ2) is 24.0. The zero-order chi connectivity index (χ0) is 42.6. The van der Waals surface area contributed by atoms with Crippen molar-refractivity contribution in [2.24, 2.45) is 11.7 Å². The molecule has 16 nitrogen and oxygen atoms in total. The van der Waals surface area contributed by atoms with Gasteiger partial charge in [0, 0.05) is 48.8 Å². The number of hydrogen-bond acceptors (Lipinski definition) is 9. The van der Waals surface area contributed by atoms with Gasteiger partial charge in [-0.15, -0.1) is 0 Å². The van der Waals surface area contributed by atoms with Crippen molar-refractivity contribution in [3.05, 3.63) is 101 Å². The molecule has 0 unspecified atom stereocenters. The highest BCUT2D eigenvalue weighted by Crippen LogP contribution is 2.15. The monoisotopic (exact) mass is 873 g/mol. The number of nitrogens with two attached hydrogens (primary N) is 1. The molecule has 4 aromatic rings. The Morgan fingerprint density at radius 3 is 2.24 bits per heavy atom. The Hall–Kier alpha value is -6.10. The van der Waals surface area contributed by atoms with Crippen molar-refractivity contribution in [3.63, 3.8) is 0 Å². The Morgan fingerprint density at radius 2 is 1.53 bits per heavy atom. The highest BCUT2D eigenvalue weighted by atomic mass is 79.9. The number of ether oxygens (including phenoxy) is 1. The van der Waals surface area contributed by atoms with Crippen molar-refractivity contribution in [1.29, 1.82) is 0 Å². The average molecular weight is 875 g/mol. The number of hydrogen-bond donors (Lipinski definition) is 7. The fourth-order valence-electron chi connectivity index (χ4n) is 5.86. The summed E-state index contributed by atoms with van der Waals surface area (Å²) in [5.74, 6) is -1.86. The molecule has 59 heavy (non-hydrogen) atoms. The molecule has 0 fully saturated rings. The molecule has 0 saturated carbocycles. The minimum absolute atomic E-state index is 0.0170. The lowest BCUT2D eigenvalue weighted by molar-refractivity contribution is -0.132. The predicted octanol–water partition coefficient (Wildman–Crippen LogP) is 4.95. The quantitative estimate of drug-likeness (QED) is 0.0417. The van der Waals surface area contributed by atoms with E-state index in [1.807, 2.05) is 30.3 Å². The summed E-state index contributed by atoms with van der Waals surface area (Å²) < 4.78 is 5.30. The number of urea groups is 1. The molecule has 17 heteroatoms. The number of carbonyl (C=O) groups excluding carboxylic acids is 6. The van der Waals surface area contributed by atoms with Gasteiger partial charge in [0.25, 0.3) is 5.91 Å². The van der Waals surface area contributed by atoms with Gasteiger partial charge in [-0.1, -0.05) is 78.7 Å². The van der Waals surface area contributed by atoms with E-state index in [0.717, 1.165) is 11.3 Å². The Morgan fingerprint density at radius 1 is 0.780 bits per heavy atom. The Bertz CT molecular complexity index is 2030. The summed E-state index contributed by atoms with van der Waals surface area (Å²) in [7, 11) is 0. The van der Waals surface area contributed by atoms with Crippen molar-refractivity contribution in [3.8, 4) is 0 Å². The van der Waals surface area contributed by atoms with Crippen LogP contribution in [0.2, 0.25) is 0 Å². The molecule has 0 spiro atoms. The van der Waals surface area contributed by atoms with Gasteiger partial charge in [-0.3, -0.25) is 24.2 Å². The number of aromatic nitrogens is 2.